The fourth-order valence-corrected chi connectivity index (χ4v) is 1.53. The molecule has 7 heteroatoms. The molecule has 1 aromatic heterocycles. The monoisotopic (exact) mass is 224 g/mol. The second-order valence-electron chi connectivity index (χ2n) is 3.74. The topological polar surface area (TPSA) is 97.1 Å². The van der Waals surface area contributed by atoms with Crippen molar-refractivity contribution in [1.82, 2.24) is 20.3 Å². The first-order valence-electron chi connectivity index (χ1n) is 5.03. The Balaban J connectivity index is 1.68. The number of carbonyl (C=O) groups is 2. The van der Waals surface area contributed by atoms with E-state index in [1.165, 1.54) is 0 Å². The first-order chi connectivity index (χ1) is 7.68. The lowest BCUT2D eigenvalue weighted by Gasteiger charge is -2.03. The van der Waals surface area contributed by atoms with E-state index in [4.69, 9.17) is 5.11 Å². The number of aliphatic carboxylic acids is 1. The molecule has 0 bridgehead atoms. The molecule has 1 saturated carbocycles. The smallest absolute Gasteiger partial charge is 0.307 e. The van der Waals surface area contributed by atoms with Gasteiger partial charge in [-0.05, 0) is 6.42 Å². The van der Waals surface area contributed by atoms with Crippen molar-refractivity contribution < 1.29 is 14.7 Å². The van der Waals surface area contributed by atoms with E-state index in [0.717, 1.165) is 0 Å². The number of hydrogen-bond acceptors (Lipinski definition) is 4. The van der Waals surface area contributed by atoms with Crippen molar-refractivity contribution in [3.8, 4) is 0 Å². The predicted molar refractivity (Wildman–Crippen MR) is 52.3 cm³/mol. The fraction of sp³-hybridized carbons (Fsp3) is 0.556. The summed E-state index contributed by atoms with van der Waals surface area (Å²) >= 11 is 0. The molecule has 7 nitrogen and oxygen atoms in total. The van der Waals surface area contributed by atoms with E-state index in [0.29, 0.717) is 19.5 Å². The second-order valence-corrected chi connectivity index (χ2v) is 3.74. The van der Waals surface area contributed by atoms with Crippen molar-refractivity contribution in [1.29, 1.82) is 0 Å². The summed E-state index contributed by atoms with van der Waals surface area (Å²) in [6, 6.07) is 0. The van der Waals surface area contributed by atoms with Crippen molar-refractivity contribution in [2.45, 2.75) is 13.0 Å². The Labute approximate surface area is 91.4 Å². The van der Waals surface area contributed by atoms with Crippen LogP contribution in [0.3, 0.4) is 0 Å². The second kappa shape index (κ2) is 4.30. The van der Waals surface area contributed by atoms with E-state index >= 15 is 0 Å². The van der Waals surface area contributed by atoms with Gasteiger partial charge in [-0.2, -0.15) is 0 Å². The molecular weight excluding hydrogens is 212 g/mol. The number of carboxylic acids is 1. The molecule has 0 aliphatic heterocycles. The van der Waals surface area contributed by atoms with Crippen molar-refractivity contribution in [3.05, 3.63) is 12.4 Å². The minimum atomic E-state index is -0.892. The zero-order valence-electron chi connectivity index (χ0n) is 8.54. The molecule has 0 saturated heterocycles. The molecule has 0 radical (unpaired) electrons. The van der Waals surface area contributed by atoms with E-state index < -0.39 is 11.9 Å². The highest BCUT2D eigenvalue weighted by Crippen LogP contribution is 2.38. The highest BCUT2D eigenvalue weighted by atomic mass is 16.4. The van der Waals surface area contributed by atoms with Crippen LogP contribution in [0.15, 0.2) is 12.4 Å². The summed E-state index contributed by atoms with van der Waals surface area (Å²) in [5, 5.41) is 18.7. The lowest BCUT2D eigenvalue weighted by atomic mass is 10.3. The average Bonchev–Trinajstić information content (AvgIpc) is 2.90. The Kier molecular flexibility index (Phi) is 2.84. The van der Waals surface area contributed by atoms with Crippen LogP contribution in [0.4, 0.5) is 0 Å². The maximum absolute atomic E-state index is 11.4. The molecule has 2 atom stereocenters. The lowest BCUT2D eigenvalue weighted by molar-refractivity contribution is -0.140. The molecule has 0 aromatic carbocycles. The first kappa shape index (κ1) is 10.6. The molecule has 2 rings (SSSR count). The predicted octanol–water partition coefficient (Wildman–Crippen LogP) is -0.885. The molecule has 0 unspecified atom stereocenters. The van der Waals surface area contributed by atoms with Gasteiger partial charge in [0.25, 0.3) is 0 Å². The molecule has 16 heavy (non-hydrogen) atoms. The fourth-order valence-electron chi connectivity index (χ4n) is 1.53. The SMILES string of the molecule is O=C(O)[C@H]1C[C@H]1C(=O)NCCn1ccnn1. The first-order valence-corrected chi connectivity index (χ1v) is 5.03. The number of aromatic nitrogens is 3. The molecule has 86 valence electrons. The summed E-state index contributed by atoms with van der Waals surface area (Å²) < 4.78 is 1.60. The summed E-state index contributed by atoms with van der Waals surface area (Å²) in [7, 11) is 0. The molecule has 1 amide bonds. The molecule has 1 heterocycles. The minimum Gasteiger partial charge on any atom is -0.481 e. The van der Waals surface area contributed by atoms with Crippen LogP contribution in [0.1, 0.15) is 6.42 Å². The van der Waals surface area contributed by atoms with Crippen LogP contribution in [-0.2, 0) is 16.1 Å². The molecule has 1 aliphatic carbocycles. The number of amides is 1. The van der Waals surface area contributed by atoms with Crippen molar-refractivity contribution >= 4 is 11.9 Å². The van der Waals surface area contributed by atoms with Gasteiger partial charge in [-0.15, -0.1) is 5.10 Å². The maximum Gasteiger partial charge on any atom is 0.307 e. The lowest BCUT2D eigenvalue weighted by Crippen LogP contribution is -2.29. The summed E-state index contributed by atoms with van der Waals surface area (Å²) in [6.07, 6.45) is 3.71. The number of carbonyl (C=O) groups excluding carboxylic acids is 1. The van der Waals surface area contributed by atoms with E-state index in [2.05, 4.69) is 15.6 Å². The Morgan fingerprint density at radius 1 is 1.50 bits per heavy atom. The third kappa shape index (κ3) is 2.36. The number of rotatable bonds is 5. The third-order valence-corrected chi connectivity index (χ3v) is 2.56. The van der Waals surface area contributed by atoms with E-state index in [-0.39, 0.29) is 11.8 Å². The van der Waals surface area contributed by atoms with Crippen LogP contribution in [0.5, 0.6) is 0 Å². The van der Waals surface area contributed by atoms with Crippen LogP contribution in [0.2, 0.25) is 0 Å². The standard InChI is InChI=1S/C9H12N4O3/c14-8(6-5-7(6)9(15)16)10-1-3-13-4-2-11-12-13/h2,4,6-7H,1,3,5H2,(H,10,14)(H,15,16)/t6-,7+/m1/s1. The van der Waals surface area contributed by atoms with E-state index in [1.54, 1.807) is 17.1 Å². The average molecular weight is 224 g/mol. The summed E-state index contributed by atoms with van der Waals surface area (Å²) in [6.45, 7) is 0.973. The zero-order valence-corrected chi connectivity index (χ0v) is 8.54. The van der Waals surface area contributed by atoms with E-state index in [1.807, 2.05) is 0 Å². The summed E-state index contributed by atoms with van der Waals surface area (Å²) in [4.78, 5) is 22.0. The number of nitrogens with one attached hydrogen (secondary N) is 1. The van der Waals surface area contributed by atoms with Gasteiger partial charge < -0.3 is 10.4 Å². The quantitative estimate of drug-likeness (QED) is 0.676. The van der Waals surface area contributed by atoms with Gasteiger partial charge in [0.15, 0.2) is 0 Å². The largest absolute Gasteiger partial charge is 0.481 e. The van der Waals surface area contributed by atoms with Crippen LogP contribution in [0.25, 0.3) is 0 Å². The van der Waals surface area contributed by atoms with Gasteiger partial charge in [-0.25, -0.2) is 0 Å². The third-order valence-electron chi connectivity index (χ3n) is 2.56. The summed E-state index contributed by atoms with van der Waals surface area (Å²) in [5.74, 6) is -1.93. The van der Waals surface area contributed by atoms with Crippen LogP contribution in [0, 0.1) is 11.8 Å². The molecule has 0 spiro atoms. The van der Waals surface area contributed by atoms with E-state index in [9.17, 15) is 9.59 Å². The van der Waals surface area contributed by atoms with Gasteiger partial charge in [-0.1, -0.05) is 5.21 Å². The normalized spacial score (nSPS) is 22.8. The van der Waals surface area contributed by atoms with Gasteiger partial charge in [0.05, 0.1) is 24.6 Å². The Morgan fingerprint density at radius 2 is 2.31 bits per heavy atom. The number of hydrogen-bond donors (Lipinski definition) is 2. The van der Waals surface area contributed by atoms with Crippen molar-refractivity contribution in [3.63, 3.8) is 0 Å². The van der Waals surface area contributed by atoms with Crippen LogP contribution < -0.4 is 5.32 Å². The Morgan fingerprint density at radius 3 is 2.88 bits per heavy atom. The van der Waals surface area contributed by atoms with Gasteiger partial charge in [0.2, 0.25) is 5.91 Å². The van der Waals surface area contributed by atoms with Gasteiger partial charge in [0.1, 0.15) is 0 Å². The number of nitrogens with zero attached hydrogens (tertiary/aromatic N) is 3. The Hall–Kier alpha value is -1.92. The molecular formula is C9H12N4O3. The van der Waals surface area contributed by atoms with Gasteiger partial charge in [-0.3, -0.25) is 14.3 Å². The minimum absolute atomic E-state index is 0.187. The van der Waals surface area contributed by atoms with Gasteiger partial charge in [0, 0.05) is 12.7 Å². The Bertz CT molecular complexity index is 389. The molecule has 1 aliphatic rings. The summed E-state index contributed by atoms with van der Waals surface area (Å²) in [5.41, 5.74) is 0. The number of carboxylic acid groups (broad SMARTS) is 1. The van der Waals surface area contributed by atoms with Gasteiger partial charge >= 0.3 is 5.97 Å². The maximum atomic E-state index is 11.4. The van der Waals surface area contributed by atoms with Crippen LogP contribution >= 0.6 is 0 Å². The van der Waals surface area contributed by atoms with Crippen molar-refractivity contribution in [2.24, 2.45) is 11.8 Å². The molecule has 1 aromatic rings. The van der Waals surface area contributed by atoms with Crippen molar-refractivity contribution in [2.75, 3.05) is 6.54 Å². The van der Waals surface area contributed by atoms with Crippen LogP contribution in [-0.4, -0.2) is 38.5 Å². The molecule has 2 N–H and O–H groups in total. The highest BCUT2D eigenvalue weighted by Gasteiger charge is 2.48. The zero-order chi connectivity index (χ0) is 11.5. The molecule has 1 fully saturated rings. The highest BCUT2D eigenvalue weighted by molar-refractivity contribution is 5.89.